The zero-order chi connectivity index (χ0) is 15.1. The first-order valence-corrected chi connectivity index (χ1v) is 7.76. The molecule has 0 N–H and O–H groups in total. The first-order chi connectivity index (χ1) is 9.54. The van der Waals surface area contributed by atoms with E-state index in [9.17, 15) is 0 Å². The highest BCUT2D eigenvalue weighted by molar-refractivity contribution is 9.10. The molecular formula is C14H26BrN3O2. The minimum Gasteiger partial charge on any atom is -0.383 e. The van der Waals surface area contributed by atoms with Crippen molar-refractivity contribution in [3.63, 3.8) is 0 Å². The molecule has 0 bridgehead atoms. The van der Waals surface area contributed by atoms with Crippen molar-refractivity contribution >= 4 is 15.9 Å². The van der Waals surface area contributed by atoms with E-state index in [-0.39, 0.29) is 0 Å². The summed E-state index contributed by atoms with van der Waals surface area (Å²) in [5.41, 5.74) is 2.30. The Morgan fingerprint density at radius 1 is 1.35 bits per heavy atom. The van der Waals surface area contributed by atoms with Gasteiger partial charge >= 0.3 is 0 Å². The lowest BCUT2D eigenvalue weighted by Gasteiger charge is -2.28. The molecule has 1 atom stereocenters. The maximum atomic E-state index is 5.27. The first-order valence-electron chi connectivity index (χ1n) is 6.97. The van der Waals surface area contributed by atoms with E-state index >= 15 is 0 Å². The number of methoxy groups -OCH3 is 2. The van der Waals surface area contributed by atoms with Gasteiger partial charge in [0.05, 0.1) is 29.1 Å². The molecule has 0 aliphatic rings. The number of ether oxygens (including phenoxy) is 2. The molecule has 1 rings (SSSR count). The second-order valence-electron chi connectivity index (χ2n) is 4.95. The SMILES string of the molecule is CCc1nn(C)c(CN(CCOC)C(C)COC)c1Br. The Kier molecular flexibility index (Phi) is 7.72. The van der Waals surface area contributed by atoms with E-state index in [1.54, 1.807) is 14.2 Å². The van der Waals surface area contributed by atoms with Crippen LogP contribution in [-0.4, -0.2) is 54.7 Å². The molecule has 116 valence electrons. The summed E-state index contributed by atoms with van der Waals surface area (Å²) in [5.74, 6) is 0. The van der Waals surface area contributed by atoms with Gasteiger partial charge in [-0.2, -0.15) is 5.10 Å². The highest BCUT2D eigenvalue weighted by Gasteiger charge is 2.19. The number of aryl methyl sites for hydroxylation is 2. The van der Waals surface area contributed by atoms with Crippen molar-refractivity contribution in [1.82, 2.24) is 14.7 Å². The van der Waals surface area contributed by atoms with Gasteiger partial charge in [0.1, 0.15) is 0 Å². The summed E-state index contributed by atoms with van der Waals surface area (Å²) in [6.07, 6.45) is 0.931. The highest BCUT2D eigenvalue weighted by atomic mass is 79.9. The Morgan fingerprint density at radius 2 is 2.05 bits per heavy atom. The van der Waals surface area contributed by atoms with E-state index in [2.05, 4.69) is 39.8 Å². The molecule has 1 aromatic heterocycles. The number of aromatic nitrogens is 2. The van der Waals surface area contributed by atoms with Gasteiger partial charge in [-0.25, -0.2) is 0 Å². The van der Waals surface area contributed by atoms with Crippen LogP contribution in [0.1, 0.15) is 25.2 Å². The average Bonchev–Trinajstić information content (AvgIpc) is 2.70. The molecule has 0 radical (unpaired) electrons. The summed E-state index contributed by atoms with van der Waals surface area (Å²) in [6.45, 7) is 7.42. The smallest absolute Gasteiger partial charge is 0.0767 e. The second-order valence-corrected chi connectivity index (χ2v) is 5.75. The Bertz CT molecular complexity index is 409. The van der Waals surface area contributed by atoms with Crippen LogP contribution in [0.25, 0.3) is 0 Å². The summed E-state index contributed by atoms with van der Waals surface area (Å²) in [6, 6.07) is 0.335. The van der Waals surface area contributed by atoms with E-state index in [1.165, 1.54) is 5.69 Å². The second kappa shape index (κ2) is 8.77. The zero-order valence-electron chi connectivity index (χ0n) is 13.1. The van der Waals surface area contributed by atoms with Crippen LogP contribution >= 0.6 is 15.9 Å². The predicted molar refractivity (Wildman–Crippen MR) is 83.9 cm³/mol. The van der Waals surface area contributed by atoms with Crippen LogP contribution in [0.3, 0.4) is 0 Å². The number of hydrogen-bond acceptors (Lipinski definition) is 4. The summed E-state index contributed by atoms with van der Waals surface area (Å²) in [4.78, 5) is 2.36. The van der Waals surface area contributed by atoms with Gasteiger partial charge in [-0.05, 0) is 29.3 Å². The molecule has 0 aromatic carbocycles. The lowest BCUT2D eigenvalue weighted by atomic mass is 10.2. The quantitative estimate of drug-likeness (QED) is 0.686. The largest absolute Gasteiger partial charge is 0.383 e. The molecule has 0 spiro atoms. The predicted octanol–water partition coefficient (Wildman–Crippen LogP) is 2.23. The Hall–Kier alpha value is -0.430. The normalized spacial score (nSPS) is 13.2. The van der Waals surface area contributed by atoms with Gasteiger partial charge in [0.25, 0.3) is 0 Å². The van der Waals surface area contributed by atoms with Crippen molar-refractivity contribution < 1.29 is 9.47 Å². The lowest BCUT2D eigenvalue weighted by Crippen LogP contribution is -2.38. The number of nitrogens with zero attached hydrogens (tertiary/aromatic N) is 3. The van der Waals surface area contributed by atoms with E-state index in [1.807, 2.05) is 11.7 Å². The summed E-state index contributed by atoms with van der Waals surface area (Å²) >= 11 is 3.67. The Morgan fingerprint density at radius 3 is 2.55 bits per heavy atom. The minimum absolute atomic E-state index is 0.335. The van der Waals surface area contributed by atoms with Crippen molar-refractivity contribution in [2.75, 3.05) is 34.0 Å². The van der Waals surface area contributed by atoms with E-state index in [0.717, 1.165) is 29.7 Å². The molecule has 0 saturated carbocycles. The molecule has 0 amide bonds. The third-order valence-corrected chi connectivity index (χ3v) is 4.39. The summed E-state index contributed by atoms with van der Waals surface area (Å²) in [5, 5.41) is 4.55. The van der Waals surface area contributed by atoms with Gasteiger partial charge in [-0.1, -0.05) is 6.92 Å². The maximum Gasteiger partial charge on any atom is 0.0767 e. The first kappa shape index (κ1) is 17.6. The summed E-state index contributed by atoms with van der Waals surface area (Å²) < 4.78 is 13.6. The third kappa shape index (κ3) is 4.55. The van der Waals surface area contributed by atoms with Gasteiger partial charge in [0.2, 0.25) is 0 Å². The van der Waals surface area contributed by atoms with Crippen molar-refractivity contribution in [1.29, 1.82) is 0 Å². The van der Waals surface area contributed by atoms with Crippen molar-refractivity contribution in [2.24, 2.45) is 7.05 Å². The standard InChI is InChI=1S/C14H26BrN3O2/c1-6-12-14(15)13(17(3)16-12)9-18(7-8-19-4)11(2)10-20-5/h11H,6-10H2,1-5H3. The average molecular weight is 348 g/mol. The zero-order valence-corrected chi connectivity index (χ0v) is 14.7. The van der Waals surface area contributed by atoms with Crippen molar-refractivity contribution in [2.45, 2.75) is 32.9 Å². The number of halogens is 1. The topological polar surface area (TPSA) is 39.5 Å². The Balaban J connectivity index is 2.85. The van der Waals surface area contributed by atoms with Gasteiger partial charge in [0.15, 0.2) is 0 Å². The monoisotopic (exact) mass is 347 g/mol. The van der Waals surface area contributed by atoms with Crippen LogP contribution in [0.5, 0.6) is 0 Å². The van der Waals surface area contributed by atoms with E-state index in [4.69, 9.17) is 9.47 Å². The molecule has 5 nitrogen and oxygen atoms in total. The van der Waals surface area contributed by atoms with Crippen molar-refractivity contribution in [3.8, 4) is 0 Å². The van der Waals surface area contributed by atoms with Crippen molar-refractivity contribution in [3.05, 3.63) is 15.9 Å². The van der Waals surface area contributed by atoms with Crippen LogP contribution in [0.4, 0.5) is 0 Å². The molecule has 6 heteroatoms. The van der Waals surface area contributed by atoms with Gasteiger partial charge < -0.3 is 9.47 Å². The molecular weight excluding hydrogens is 322 g/mol. The van der Waals surface area contributed by atoms with Gasteiger partial charge in [-0.15, -0.1) is 0 Å². The van der Waals surface area contributed by atoms with Crippen LogP contribution in [-0.2, 0) is 29.5 Å². The van der Waals surface area contributed by atoms with Gasteiger partial charge in [-0.3, -0.25) is 9.58 Å². The fraction of sp³-hybridized carbons (Fsp3) is 0.786. The molecule has 1 heterocycles. The third-order valence-electron chi connectivity index (χ3n) is 3.47. The lowest BCUT2D eigenvalue weighted by molar-refractivity contribution is 0.0689. The number of rotatable bonds is 9. The van der Waals surface area contributed by atoms with E-state index in [0.29, 0.717) is 19.3 Å². The Labute approximate surface area is 130 Å². The van der Waals surface area contributed by atoms with Crippen LogP contribution in [0, 0.1) is 0 Å². The molecule has 1 aromatic rings. The molecule has 0 fully saturated rings. The molecule has 0 saturated heterocycles. The molecule has 0 aliphatic carbocycles. The number of hydrogen-bond donors (Lipinski definition) is 0. The van der Waals surface area contributed by atoms with Crippen LogP contribution < -0.4 is 0 Å². The molecule has 0 aliphatic heterocycles. The highest BCUT2D eigenvalue weighted by Crippen LogP contribution is 2.23. The molecule has 20 heavy (non-hydrogen) atoms. The van der Waals surface area contributed by atoms with Crippen LogP contribution in [0.2, 0.25) is 0 Å². The van der Waals surface area contributed by atoms with Crippen LogP contribution in [0.15, 0.2) is 4.47 Å². The van der Waals surface area contributed by atoms with E-state index < -0.39 is 0 Å². The fourth-order valence-electron chi connectivity index (χ4n) is 2.19. The minimum atomic E-state index is 0.335. The maximum absolute atomic E-state index is 5.27. The molecule has 1 unspecified atom stereocenters. The fourth-order valence-corrected chi connectivity index (χ4v) is 2.94. The van der Waals surface area contributed by atoms with Gasteiger partial charge in [0, 0.05) is 40.4 Å². The summed E-state index contributed by atoms with van der Waals surface area (Å²) in [7, 11) is 5.46.